The second-order valence-corrected chi connectivity index (χ2v) is 5.57. The number of benzene rings is 2. The van der Waals surface area contributed by atoms with Gasteiger partial charge in [-0.1, -0.05) is 60.7 Å². The molecule has 0 atom stereocenters. The lowest BCUT2D eigenvalue weighted by molar-refractivity contribution is -0.145. The summed E-state index contributed by atoms with van der Waals surface area (Å²) in [6.45, 7) is 0.866. The predicted octanol–water partition coefficient (Wildman–Crippen LogP) is 3.26. The van der Waals surface area contributed by atoms with E-state index < -0.39 is 0 Å². The van der Waals surface area contributed by atoms with Crippen LogP contribution in [-0.4, -0.2) is 18.5 Å². The van der Waals surface area contributed by atoms with Gasteiger partial charge in [0.05, 0.1) is 13.0 Å². The summed E-state index contributed by atoms with van der Waals surface area (Å²) in [7, 11) is 0. The van der Waals surface area contributed by atoms with Gasteiger partial charge in [-0.3, -0.25) is 9.59 Å². The number of amides is 1. The topological polar surface area (TPSA) is 55.4 Å². The van der Waals surface area contributed by atoms with Crippen molar-refractivity contribution >= 4 is 11.9 Å². The van der Waals surface area contributed by atoms with Crippen molar-refractivity contribution in [1.82, 2.24) is 5.32 Å². The van der Waals surface area contributed by atoms with Crippen LogP contribution < -0.4 is 5.32 Å². The van der Waals surface area contributed by atoms with Crippen LogP contribution in [0.2, 0.25) is 0 Å². The molecule has 4 nitrogen and oxygen atoms in total. The van der Waals surface area contributed by atoms with Gasteiger partial charge in [0.1, 0.15) is 0 Å². The standard InChI is InChI=1S/C20H23NO3/c22-19(21-16-18-10-5-2-6-11-18)13-14-20(23)24-15-7-12-17-8-3-1-4-9-17/h1-6,8-11H,7,12-16H2,(H,21,22). The zero-order valence-corrected chi connectivity index (χ0v) is 13.7. The van der Waals surface area contributed by atoms with Crippen molar-refractivity contribution in [1.29, 1.82) is 0 Å². The lowest BCUT2D eigenvalue weighted by Gasteiger charge is -2.06. The van der Waals surface area contributed by atoms with Gasteiger partial charge in [-0.15, -0.1) is 0 Å². The van der Waals surface area contributed by atoms with Crippen LogP contribution in [0.3, 0.4) is 0 Å². The average molecular weight is 325 g/mol. The molecule has 0 aliphatic heterocycles. The first-order valence-corrected chi connectivity index (χ1v) is 8.24. The van der Waals surface area contributed by atoms with Gasteiger partial charge in [-0.2, -0.15) is 0 Å². The molecule has 24 heavy (non-hydrogen) atoms. The number of carbonyl (C=O) groups excluding carboxylic acids is 2. The Morgan fingerprint density at radius 1 is 0.833 bits per heavy atom. The molecule has 4 heteroatoms. The van der Waals surface area contributed by atoms with Crippen molar-refractivity contribution in [2.75, 3.05) is 6.61 Å². The van der Waals surface area contributed by atoms with Crippen LogP contribution >= 0.6 is 0 Å². The van der Waals surface area contributed by atoms with E-state index in [9.17, 15) is 9.59 Å². The maximum absolute atomic E-state index is 11.7. The van der Waals surface area contributed by atoms with Gasteiger partial charge in [-0.25, -0.2) is 0 Å². The van der Waals surface area contributed by atoms with E-state index in [0.717, 1.165) is 18.4 Å². The Balaban J connectivity index is 1.53. The molecule has 2 aromatic rings. The molecule has 0 saturated carbocycles. The number of ether oxygens (including phenoxy) is 1. The van der Waals surface area contributed by atoms with Gasteiger partial charge in [-0.05, 0) is 24.0 Å². The number of carbonyl (C=O) groups is 2. The van der Waals surface area contributed by atoms with E-state index in [4.69, 9.17) is 4.74 Å². The molecule has 0 aliphatic rings. The number of nitrogens with one attached hydrogen (secondary N) is 1. The van der Waals surface area contributed by atoms with E-state index >= 15 is 0 Å². The van der Waals surface area contributed by atoms with Crippen molar-refractivity contribution in [3.63, 3.8) is 0 Å². The monoisotopic (exact) mass is 325 g/mol. The van der Waals surface area contributed by atoms with E-state index in [1.165, 1.54) is 5.56 Å². The van der Waals surface area contributed by atoms with E-state index in [1.807, 2.05) is 48.5 Å². The highest BCUT2D eigenvalue weighted by molar-refractivity contribution is 5.81. The average Bonchev–Trinajstić information content (AvgIpc) is 2.63. The molecule has 0 aromatic heterocycles. The van der Waals surface area contributed by atoms with Crippen LogP contribution in [0, 0.1) is 0 Å². The fraction of sp³-hybridized carbons (Fsp3) is 0.300. The lowest BCUT2D eigenvalue weighted by Crippen LogP contribution is -2.23. The largest absolute Gasteiger partial charge is 0.466 e. The smallest absolute Gasteiger partial charge is 0.306 e. The molecule has 0 aliphatic carbocycles. The van der Waals surface area contributed by atoms with Crippen molar-refractivity contribution in [3.05, 3.63) is 71.8 Å². The van der Waals surface area contributed by atoms with Crippen LogP contribution in [0.4, 0.5) is 0 Å². The number of aryl methyl sites for hydroxylation is 1. The number of hydrogen-bond acceptors (Lipinski definition) is 3. The van der Waals surface area contributed by atoms with E-state index in [-0.39, 0.29) is 24.7 Å². The molecule has 1 N–H and O–H groups in total. The van der Waals surface area contributed by atoms with Gasteiger partial charge in [0, 0.05) is 13.0 Å². The predicted molar refractivity (Wildman–Crippen MR) is 93.2 cm³/mol. The van der Waals surface area contributed by atoms with Crippen molar-refractivity contribution < 1.29 is 14.3 Å². The molecule has 0 radical (unpaired) electrons. The molecular weight excluding hydrogens is 302 g/mol. The minimum Gasteiger partial charge on any atom is -0.466 e. The summed E-state index contributed by atoms with van der Waals surface area (Å²) in [5.41, 5.74) is 2.27. The molecule has 0 fully saturated rings. The zero-order chi connectivity index (χ0) is 17.0. The summed E-state index contributed by atoms with van der Waals surface area (Å²) >= 11 is 0. The molecule has 2 aromatic carbocycles. The molecule has 0 unspecified atom stereocenters. The molecular formula is C20H23NO3. The van der Waals surface area contributed by atoms with Crippen LogP contribution in [0.1, 0.15) is 30.4 Å². The van der Waals surface area contributed by atoms with Gasteiger partial charge in [0.2, 0.25) is 5.91 Å². The second kappa shape index (κ2) is 10.2. The summed E-state index contributed by atoms with van der Waals surface area (Å²) in [4.78, 5) is 23.3. The third-order valence-corrected chi connectivity index (χ3v) is 3.60. The van der Waals surface area contributed by atoms with Crippen molar-refractivity contribution in [2.24, 2.45) is 0 Å². The Morgan fingerprint density at radius 2 is 1.46 bits per heavy atom. The molecule has 0 saturated heterocycles. The summed E-state index contributed by atoms with van der Waals surface area (Å²) in [5.74, 6) is -0.460. The van der Waals surface area contributed by atoms with Crippen molar-refractivity contribution in [2.45, 2.75) is 32.2 Å². The SMILES string of the molecule is O=C(CCC(=O)OCCCc1ccccc1)NCc1ccccc1. The Hall–Kier alpha value is -2.62. The highest BCUT2D eigenvalue weighted by Crippen LogP contribution is 2.03. The van der Waals surface area contributed by atoms with Crippen LogP contribution in [0.25, 0.3) is 0 Å². The second-order valence-electron chi connectivity index (χ2n) is 5.57. The minimum absolute atomic E-state index is 0.117. The molecule has 2 rings (SSSR count). The third kappa shape index (κ3) is 7.09. The van der Waals surface area contributed by atoms with Gasteiger partial charge >= 0.3 is 5.97 Å². The molecule has 126 valence electrons. The number of esters is 1. The summed E-state index contributed by atoms with van der Waals surface area (Å²) < 4.78 is 5.16. The zero-order valence-electron chi connectivity index (χ0n) is 13.7. The molecule has 0 bridgehead atoms. The van der Waals surface area contributed by atoms with Gasteiger partial charge < -0.3 is 10.1 Å². The fourth-order valence-corrected chi connectivity index (χ4v) is 2.28. The Bertz CT molecular complexity index is 626. The summed E-state index contributed by atoms with van der Waals surface area (Å²) in [6, 6.07) is 19.7. The molecule has 0 spiro atoms. The Kier molecular flexibility index (Phi) is 7.54. The minimum atomic E-state index is -0.321. The van der Waals surface area contributed by atoms with E-state index in [2.05, 4.69) is 17.4 Å². The van der Waals surface area contributed by atoms with Crippen LogP contribution in [-0.2, 0) is 27.3 Å². The third-order valence-electron chi connectivity index (χ3n) is 3.60. The maximum atomic E-state index is 11.7. The van der Waals surface area contributed by atoms with Crippen molar-refractivity contribution in [3.8, 4) is 0 Å². The highest BCUT2D eigenvalue weighted by Gasteiger charge is 2.07. The number of rotatable bonds is 9. The van der Waals surface area contributed by atoms with Crippen LogP contribution in [0.15, 0.2) is 60.7 Å². The first-order valence-electron chi connectivity index (χ1n) is 8.24. The number of hydrogen-bond donors (Lipinski definition) is 1. The van der Waals surface area contributed by atoms with Gasteiger partial charge in [0.25, 0.3) is 0 Å². The van der Waals surface area contributed by atoms with E-state index in [0.29, 0.717) is 13.2 Å². The Labute approximate surface area is 142 Å². The van der Waals surface area contributed by atoms with Crippen LogP contribution in [0.5, 0.6) is 0 Å². The fourth-order valence-electron chi connectivity index (χ4n) is 2.28. The Morgan fingerprint density at radius 3 is 2.12 bits per heavy atom. The quantitative estimate of drug-likeness (QED) is 0.569. The normalized spacial score (nSPS) is 10.2. The van der Waals surface area contributed by atoms with E-state index in [1.54, 1.807) is 0 Å². The first kappa shape index (κ1) is 17.7. The van der Waals surface area contributed by atoms with Gasteiger partial charge in [0.15, 0.2) is 0 Å². The summed E-state index contributed by atoms with van der Waals surface area (Å²) in [5, 5.41) is 2.80. The highest BCUT2D eigenvalue weighted by atomic mass is 16.5. The summed E-state index contributed by atoms with van der Waals surface area (Å²) in [6.07, 6.45) is 1.94. The molecule has 0 heterocycles. The first-order chi connectivity index (χ1) is 11.7. The molecule has 1 amide bonds. The lowest BCUT2D eigenvalue weighted by atomic mass is 10.1. The maximum Gasteiger partial charge on any atom is 0.306 e.